The molecule has 0 aromatic heterocycles. The molecule has 1 aromatic rings. The van der Waals surface area contributed by atoms with Gasteiger partial charge in [0.15, 0.2) is 0 Å². The molecule has 1 aliphatic rings. The van der Waals surface area contributed by atoms with Crippen LogP contribution in [0.5, 0.6) is 0 Å². The fourth-order valence-corrected chi connectivity index (χ4v) is 2.69. The number of benzene rings is 1. The lowest BCUT2D eigenvalue weighted by atomic mass is 10.2. The average Bonchev–Trinajstić information content (AvgIpc) is 2.82. The Morgan fingerprint density at radius 1 is 1.47 bits per heavy atom. The molecule has 1 aromatic carbocycles. The first kappa shape index (κ1) is 13.9. The Hall–Kier alpha value is -1.53. The molecular weight excluding hydrogens is 264 g/mol. The largest absolute Gasteiger partial charge is 0.392 e. The molecule has 0 spiro atoms. The highest BCUT2D eigenvalue weighted by atomic mass is 32.2. The third kappa shape index (κ3) is 3.97. The molecule has 0 atom stereocenters. The third-order valence-electron chi connectivity index (χ3n) is 2.85. The number of nitrogens with zero attached hydrogens (tertiary/aromatic N) is 1. The smallest absolute Gasteiger partial charge is 0.281 e. The molecule has 2 amide bonds. The van der Waals surface area contributed by atoms with Crippen LogP contribution in [0.3, 0.4) is 0 Å². The molecule has 0 bridgehead atoms. The minimum absolute atomic E-state index is 0.0510. The first-order chi connectivity index (χ1) is 9.19. The van der Waals surface area contributed by atoms with Crippen LogP contribution in [0.25, 0.3) is 0 Å². The van der Waals surface area contributed by atoms with E-state index in [4.69, 9.17) is 5.11 Å². The summed E-state index contributed by atoms with van der Waals surface area (Å²) in [6.07, 6.45) is 0.287. The summed E-state index contributed by atoms with van der Waals surface area (Å²) in [5, 5.41) is 11.8. The van der Waals surface area contributed by atoms with Crippen molar-refractivity contribution in [3.8, 4) is 0 Å². The Labute approximate surface area is 116 Å². The molecule has 2 rings (SSSR count). The molecule has 2 N–H and O–H groups in total. The summed E-state index contributed by atoms with van der Waals surface area (Å²) in [5.74, 6) is 0.679. The standard InChI is InChI=1S/C13H16N2O3S/c16-9-10-2-1-3-11(8-10)14-12(17)4-5-15-6-7-19-13(15)18/h1-3,8,16H,4-7,9H2,(H,14,17). The molecule has 0 unspecified atom stereocenters. The third-order valence-corrected chi connectivity index (χ3v) is 3.74. The lowest BCUT2D eigenvalue weighted by Crippen LogP contribution is -2.27. The normalized spacial score (nSPS) is 14.8. The van der Waals surface area contributed by atoms with Gasteiger partial charge in [-0.05, 0) is 17.7 Å². The van der Waals surface area contributed by atoms with Gasteiger partial charge in [-0.3, -0.25) is 9.59 Å². The van der Waals surface area contributed by atoms with Gasteiger partial charge in [0.25, 0.3) is 5.24 Å². The van der Waals surface area contributed by atoms with E-state index in [9.17, 15) is 9.59 Å². The van der Waals surface area contributed by atoms with Crippen molar-refractivity contribution < 1.29 is 14.7 Å². The topological polar surface area (TPSA) is 69.6 Å². The van der Waals surface area contributed by atoms with E-state index in [2.05, 4.69) is 5.32 Å². The van der Waals surface area contributed by atoms with Crippen LogP contribution in [0.2, 0.25) is 0 Å². The van der Waals surface area contributed by atoms with Gasteiger partial charge in [0.05, 0.1) is 6.61 Å². The lowest BCUT2D eigenvalue weighted by Gasteiger charge is -2.14. The number of aliphatic hydroxyl groups is 1. The van der Waals surface area contributed by atoms with Gasteiger partial charge >= 0.3 is 0 Å². The van der Waals surface area contributed by atoms with Crippen LogP contribution in [0.1, 0.15) is 12.0 Å². The average molecular weight is 280 g/mol. The van der Waals surface area contributed by atoms with E-state index in [0.29, 0.717) is 12.2 Å². The maximum absolute atomic E-state index is 11.8. The van der Waals surface area contributed by atoms with E-state index >= 15 is 0 Å². The predicted molar refractivity (Wildman–Crippen MR) is 75.0 cm³/mol. The van der Waals surface area contributed by atoms with Crippen molar-refractivity contribution in [1.29, 1.82) is 0 Å². The molecular formula is C13H16N2O3S. The van der Waals surface area contributed by atoms with Crippen LogP contribution in [-0.2, 0) is 11.4 Å². The van der Waals surface area contributed by atoms with Crippen LogP contribution in [0.4, 0.5) is 10.5 Å². The summed E-state index contributed by atoms with van der Waals surface area (Å²) in [6, 6.07) is 7.07. The Morgan fingerprint density at radius 2 is 2.32 bits per heavy atom. The van der Waals surface area contributed by atoms with Gasteiger partial charge in [0, 0.05) is 31.0 Å². The van der Waals surface area contributed by atoms with Crippen molar-refractivity contribution in [3.05, 3.63) is 29.8 Å². The van der Waals surface area contributed by atoms with E-state index in [1.165, 1.54) is 11.8 Å². The maximum Gasteiger partial charge on any atom is 0.281 e. The number of carbonyl (C=O) groups is 2. The molecule has 1 aliphatic heterocycles. The maximum atomic E-state index is 11.8. The summed E-state index contributed by atoms with van der Waals surface area (Å²) in [5.41, 5.74) is 1.42. The number of nitrogens with one attached hydrogen (secondary N) is 1. The second kappa shape index (κ2) is 6.58. The van der Waals surface area contributed by atoms with Crippen LogP contribution in [0.15, 0.2) is 24.3 Å². The summed E-state index contributed by atoms with van der Waals surface area (Å²) in [6.45, 7) is 1.12. The fourth-order valence-electron chi connectivity index (χ4n) is 1.84. The van der Waals surface area contributed by atoms with Crippen molar-refractivity contribution in [2.24, 2.45) is 0 Å². The van der Waals surface area contributed by atoms with Gasteiger partial charge in [0.1, 0.15) is 0 Å². The second-order valence-corrected chi connectivity index (χ2v) is 5.30. The van der Waals surface area contributed by atoms with Gasteiger partial charge in [-0.25, -0.2) is 0 Å². The van der Waals surface area contributed by atoms with Crippen molar-refractivity contribution in [2.45, 2.75) is 13.0 Å². The monoisotopic (exact) mass is 280 g/mol. The number of hydrogen-bond donors (Lipinski definition) is 2. The number of hydrogen-bond acceptors (Lipinski definition) is 4. The van der Waals surface area contributed by atoms with Crippen molar-refractivity contribution in [1.82, 2.24) is 4.90 Å². The molecule has 1 heterocycles. The van der Waals surface area contributed by atoms with Gasteiger partial charge in [-0.1, -0.05) is 23.9 Å². The predicted octanol–water partition coefficient (Wildman–Crippen LogP) is 1.68. The molecule has 0 radical (unpaired) electrons. The summed E-state index contributed by atoms with van der Waals surface area (Å²) >= 11 is 1.29. The highest BCUT2D eigenvalue weighted by molar-refractivity contribution is 8.13. The zero-order valence-electron chi connectivity index (χ0n) is 10.5. The summed E-state index contributed by atoms with van der Waals surface area (Å²) in [7, 11) is 0. The van der Waals surface area contributed by atoms with Crippen LogP contribution in [0, 0.1) is 0 Å². The number of anilines is 1. The van der Waals surface area contributed by atoms with Crippen molar-refractivity contribution >= 4 is 28.6 Å². The van der Waals surface area contributed by atoms with Gasteiger partial charge < -0.3 is 15.3 Å². The van der Waals surface area contributed by atoms with E-state index < -0.39 is 0 Å². The van der Waals surface area contributed by atoms with Crippen LogP contribution in [-0.4, -0.2) is 40.0 Å². The molecule has 1 fully saturated rings. The molecule has 0 aliphatic carbocycles. The van der Waals surface area contributed by atoms with Gasteiger partial charge in [-0.15, -0.1) is 0 Å². The summed E-state index contributed by atoms with van der Waals surface area (Å²) < 4.78 is 0. The first-order valence-corrected chi connectivity index (χ1v) is 7.09. The SMILES string of the molecule is O=C(CCN1CCSC1=O)Nc1cccc(CO)c1. The van der Waals surface area contributed by atoms with E-state index in [1.807, 2.05) is 0 Å². The number of rotatable bonds is 5. The number of amides is 2. The van der Waals surface area contributed by atoms with Gasteiger partial charge in [0.2, 0.25) is 5.91 Å². The van der Waals surface area contributed by atoms with Gasteiger partial charge in [-0.2, -0.15) is 0 Å². The number of thioether (sulfide) groups is 1. The Kier molecular flexibility index (Phi) is 4.81. The molecule has 5 nitrogen and oxygen atoms in total. The highest BCUT2D eigenvalue weighted by Gasteiger charge is 2.21. The zero-order valence-corrected chi connectivity index (χ0v) is 11.3. The van der Waals surface area contributed by atoms with E-state index in [1.54, 1.807) is 29.2 Å². The first-order valence-electron chi connectivity index (χ1n) is 6.10. The quantitative estimate of drug-likeness (QED) is 0.861. The Balaban J connectivity index is 1.82. The Bertz CT molecular complexity index is 479. The van der Waals surface area contributed by atoms with Crippen molar-refractivity contribution in [2.75, 3.05) is 24.2 Å². The number of aliphatic hydroxyl groups excluding tert-OH is 1. The van der Waals surface area contributed by atoms with Crippen LogP contribution < -0.4 is 5.32 Å². The molecule has 102 valence electrons. The minimum atomic E-state index is -0.125. The fraction of sp³-hybridized carbons (Fsp3) is 0.385. The Morgan fingerprint density at radius 3 is 3.00 bits per heavy atom. The lowest BCUT2D eigenvalue weighted by molar-refractivity contribution is -0.116. The molecule has 0 saturated carbocycles. The second-order valence-electron chi connectivity index (χ2n) is 4.26. The van der Waals surface area contributed by atoms with E-state index in [0.717, 1.165) is 17.9 Å². The number of carbonyl (C=O) groups excluding carboxylic acids is 2. The summed E-state index contributed by atoms with van der Waals surface area (Å²) in [4.78, 5) is 24.8. The zero-order chi connectivity index (χ0) is 13.7. The molecule has 19 heavy (non-hydrogen) atoms. The van der Waals surface area contributed by atoms with Crippen molar-refractivity contribution in [3.63, 3.8) is 0 Å². The molecule has 1 saturated heterocycles. The minimum Gasteiger partial charge on any atom is -0.392 e. The highest BCUT2D eigenvalue weighted by Crippen LogP contribution is 2.17. The van der Waals surface area contributed by atoms with Crippen LogP contribution >= 0.6 is 11.8 Å². The van der Waals surface area contributed by atoms with E-state index in [-0.39, 0.29) is 24.2 Å². The molecule has 6 heteroatoms.